The minimum atomic E-state index is -3.77. The van der Waals surface area contributed by atoms with E-state index in [0.717, 1.165) is 16.4 Å². The number of hydrogen-bond donors (Lipinski definition) is 0. The third-order valence-electron chi connectivity index (χ3n) is 5.02. The van der Waals surface area contributed by atoms with Crippen molar-refractivity contribution < 1.29 is 31.1 Å². The van der Waals surface area contributed by atoms with Gasteiger partial charge in [0.15, 0.2) is 17.4 Å². The fourth-order valence-electron chi connectivity index (χ4n) is 3.28. The fourth-order valence-corrected chi connectivity index (χ4v) is 4.59. The van der Waals surface area contributed by atoms with Crippen LogP contribution in [-0.4, -0.2) is 51.1 Å². The Bertz CT molecular complexity index is 1130. The molecule has 0 saturated carbocycles. The summed E-state index contributed by atoms with van der Waals surface area (Å²) in [7, 11) is -2.39. The van der Waals surface area contributed by atoms with E-state index in [4.69, 9.17) is 4.74 Å². The minimum absolute atomic E-state index is 0.0226. The van der Waals surface area contributed by atoms with Gasteiger partial charge in [0, 0.05) is 31.3 Å². The summed E-state index contributed by atoms with van der Waals surface area (Å²) in [6, 6.07) is 7.46. The number of carbonyl (C=O) groups excluding carboxylic acids is 1. The van der Waals surface area contributed by atoms with Gasteiger partial charge in [0.1, 0.15) is 5.82 Å². The predicted molar refractivity (Wildman–Crippen MR) is 116 cm³/mol. The number of aryl methyl sites for hydroxylation is 1. The van der Waals surface area contributed by atoms with Crippen molar-refractivity contribution in [1.82, 2.24) is 4.31 Å². The Morgan fingerprint density at radius 3 is 2.03 bits per heavy atom. The second-order valence-electron chi connectivity index (χ2n) is 7.43. The number of sulfonamides is 1. The molecule has 0 bridgehead atoms. The molecule has 3 rings (SSSR count). The van der Waals surface area contributed by atoms with Gasteiger partial charge in [-0.3, -0.25) is 4.79 Å². The lowest BCUT2D eigenvalue weighted by Gasteiger charge is -2.29. The Morgan fingerprint density at radius 1 is 0.938 bits per heavy atom. The molecule has 32 heavy (non-hydrogen) atoms. The Labute approximate surface area is 184 Å². The summed E-state index contributed by atoms with van der Waals surface area (Å²) in [4.78, 5) is 13.1. The van der Waals surface area contributed by atoms with Crippen LogP contribution in [-0.2, 0) is 19.6 Å². The number of Topliss-reactive ketones (excluding diaryl/α,β-unsaturated/α-hetero) is 1. The quantitative estimate of drug-likeness (QED) is 0.610. The molecule has 2 aromatic carbocycles. The summed E-state index contributed by atoms with van der Waals surface area (Å²) >= 11 is 0. The van der Waals surface area contributed by atoms with Crippen molar-refractivity contribution in [3.63, 3.8) is 0 Å². The van der Waals surface area contributed by atoms with E-state index in [1.165, 1.54) is 37.5 Å². The highest BCUT2D eigenvalue weighted by Crippen LogP contribution is 2.25. The SMILES string of the molecule is COCCS(=O)(=O)N1C/C(=C\c2ccc(F)c(C)c2)C(=O)/C(=C/c2ccc(F)c(F)c2)C1. The second kappa shape index (κ2) is 9.81. The first-order chi connectivity index (χ1) is 15.1. The number of ketones is 1. The molecule has 0 aromatic heterocycles. The van der Waals surface area contributed by atoms with Gasteiger partial charge in [0.2, 0.25) is 10.0 Å². The van der Waals surface area contributed by atoms with Gasteiger partial charge in [-0.2, -0.15) is 4.31 Å². The van der Waals surface area contributed by atoms with Gasteiger partial charge in [-0.1, -0.05) is 12.1 Å². The van der Waals surface area contributed by atoms with Crippen molar-refractivity contribution >= 4 is 28.0 Å². The maximum absolute atomic E-state index is 13.6. The highest BCUT2D eigenvalue weighted by molar-refractivity contribution is 7.89. The van der Waals surface area contributed by atoms with Crippen LogP contribution in [0.4, 0.5) is 13.2 Å². The third kappa shape index (κ3) is 5.53. The number of methoxy groups -OCH3 is 1. The van der Waals surface area contributed by atoms with E-state index in [-0.39, 0.29) is 42.2 Å². The number of benzene rings is 2. The molecule has 0 radical (unpaired) electrons. The Balaban J connectivity index is 2.04. The number of hydrogen-bond acceptors (Lipinski definition) is 4. The summed E-state index contributed by atoms with van der Waals surface area (Å²) in [6.45, 7) is 1.17. The maximum Gasteiger partial charge on any atom is 0.216 e. The first-order valence-electron chi connectivity index (χ1n) is 9.74. The molecular formula is C23H22F3NO4S. The van der Waals surface area contributed by atoms with Crippen LogP contribution in [0.3, 0.4) is 0 Å². The van der Waals surface area contributed by atoms with E-state index in [0.29, 0.717) is 11.1 Å². The maximum atomic E-state index is 13.6. The zero-order chi connectivity index (χ0) is 23.5. The second-order valence-corrected chi connectivity index (χ2v) is 9.52. The number of ether oxygens (including phenoxy) is 1. The molecule has 170 valence electrons. The highest BCUT2D eigenvalue weighted by Gasteiger charge is 2.33. The van der Waals surface area contributed by atoms with Crippen LogP contribution in [0.1, 0.15) is 16.7 Å². The molecule has 1 fully saturated rings. The van der Waals surface area contributed by atoms with E-state index in [2.05, 4.69) is 0 Å². The largest absolute Gasteiger partial charge is 0.384 e. The van der Waals surface area contributed by atoms with Crippen LogP contribution in [0.15, 0.2) is 47.5 Å². The number of halogens is 3. The van der Waals surface area contributed by atoms with Crippen molar-refractivity contribution in [1.29, 1.82) is 0 Å². The van der Waals surface area contributed by atoms with Crippen molar-refractivity contribution in [2.24, 2.45) is 0 Å². The molecule has 5 nitrogen and oxygen atoms in total. The minimum Gasteiger partial charge on any atom is -0.384 e. The zero-order valence-corrected chi connectivity index (χ0v) is 18.4. The van der Waals surface area contributed by atoms with Crippen molar-refractivity contribution in [3.8, 4) is 0 Å². The van der Waals surface area contributed by atoms with E-state index < -0.39 is 33.3 Å². The fraction of sp³-hybridized carbons (Fsp3) is 0.261. The average molecular weight is 465 g/mol. The number of carbonyl (C=O) groups is 1. The topological polar surface area (TPSA) is 63.7 Å². The molecule has 1 aliphatic rings. The zero-order valence-electron chi connectivity index (χ0n) is 17.6. The van der Waals surface area contributed by atoms with E-state index in [1.54, 1.807) is 13.0 Å². The lowest BCUT2D eigenvalue weighted by atomic mass is 9.95. The Morgan fingerprint density at radius 2 is 1.50 bits per heavy atom. The van der Waals surface area contributed by atoms with Gasteiger partial charge < -0.3 is 4.74 Å². The molecule has 0 spiro atoms. The lowest BCUT2D eigenvalue weighted by molar-refractivity contribution is -0.113. The summed E-state index contributed by atoms with van der Waals surface area (Å²) in [5.41, 5.74) is 1.42. The van der Waals surface area contributed by atoms with Crippen molar-refractivity contribution in [3.05, 3.63) is 81.7 Å². The molecule has 1 saturated heterocycles. The number of rotatable bonds is 6. The van der Waals surface area contributed by atoms with Crippen LogP contribution < -0.4 is 0 Å². The average Bonchev–Trinajstić information content (AvgIpc) is 2.74. The smallest absolute Gasteiger partial charge is 0.216 e. The summed E-state index contributed by atoms with van der Waals surface area (Å²) in [5.74, 6) is -3.21. The normalized spacial score (nSPS) is 18.0. The van der Waals surface area contributed by atoms with Gasteiger partial charge in [0.25, 0.3) is 0 Å². The van der Waals surface area contributed by atoms with Crippen LogP contribution in [0.25, 0.3) is 12.2 Å². The molecular weight excluding hydrogens is 443 g/mol. The number of piperidine rings is 1. The molecule has 0 amide bonds. The molecule has 1 heterocycles. The predicted octanol–water partition coefficient (Wildman–Crippen LogP) is 3.74. The molecule has 9 heteroatoms. The van der Waals surface area contributed by atoms with Gasteiger partial charge in [0.05, 0.1) is 12.4 Å². The monoisotopic (exact) mass is 465 g/mol. The van der Waals surface area contributed by atoms with Crippen molar-refractivity contribution in [2.45, 2.75) is 6.92 Å². The van der Waals surface area contributed by atoms with Crippen LogP contribution in [0.5, 0.6) is 0 Å². The first kappa shape index (κ1) is 23.9. The summed E-state index contributed by atoms with van der Waals surface area (Å²) in [6.07, 6.45) is 2.85. The molecule has 2 aromatic rings. The molecule has 0 aliphatic carbocycles. The van der Waals surface area contributed by atoms with E-state index in [9.17, 15) is 26.4 Å². The molecule has 1 aliphatic heterocycles. The Hall–Kier alpha value is -2.75. The van der Waals surface area contributed by atoms with Crippen LogP contribution in [0.2, 0.25) is 0 Å². The Kier molecular flexibility index (Phi) is 7.33. The molecule has 0 atom stereocenters. The van der Waals surface area contributed by atoms with Gasteiger partial charge >= 0.3 is 0 Å². The number of nitrogens with zero attached hydrogens (tertiary/aromatic N) is 1. The molecule has 0 unspecified atom stereocenters. The summed E-state index contributed by atoms with van der Waals surface area (Å²) in [5, 5.41) is 0. The van der Waals surface area contributed by atoms with Gasteiger partial charge in [-0.15, -0.1) is 0 Å². The van der Waals surface area contributed by atoms with E-state index >= 15 is 0 Å². The van der Waals surface area contributed by atoms with E-state index in [1.807, 2.05) is 0 Å². The first-order valence-corrected chi connectivity index (χ1v) is 11.4. The van der Waals surface area contributed by atoms with Crippen molar-refractivity contribution in [2.75, 3.05) is 32.6 Å². The third-order valence-corrected chi connectivity index (χ3v) is 6.75. The summed E-state index contributed by atoms with van der Waals surface area (Å²) < 4.78 is 72.0. The molecule has 0 N–H and O–H groups in total. The standard InChI is InChI=1S/C23H22F3NO4S/c1-15-9-16(3-5-20(15)24)10-18-13-27(32(29,30)8-7-31-2)14-19(23(18)28)11-17-4-6-21(25)22(26)12-17/h3-6,9-12H,7-8,13-14H2,1-2H3/b18-10+,19-11+. The lowest BCUT2D eigenvalue weighted by Crippen LogP contribution is -2.43. The van der Waals surface area contributed by atoms with Gasteiger partial charge in [-0.25, -0.2) is 21.6 Å². The van der Waals surface area contributed by atoms with Gasteiger partial charge in [-0.05, 0) is 60.0 Å². The van der Waals surface area contributed by atoms with Crippen LogP contribution >= 0.6 is 0 Å². The highest BCUT2D eigenvalue weighted by atomic mass is 32.2. The van der Waals surface area contributed by atoms with Crippen LogP contribution in [0, 0.1) is 24.4 Å².